The third-order valence-electron chi connectivity index (χ3n) is 4.26. The number of non-ortho nitro benzene ring substituents is 1. The molecule has 1 aliphatic heterocycles. The molecule has 1 aromatic heterocycles. The number of carbonyl (C=O) groups is 1. The van der Waals surface area contributed by atoms with E-state index in [-0.39, 0.29) is 22.4 Å². The standard InChI is InChI=1S/C18H19N5O4S/c1-8(2)27-17(24)12-9(3)20-16-14(15(19)21-18(28)22-16)13(12)10-5-4-6-11(7-10)23(25)26/h4-8,13H,1-3H3,(H4,19,20,21,22,28). The summed E-state index contributed by atoms with van der Waals surface area (Å²) in [6.45, 7) is 5.20. The number of hydrogen-bond acceptors (Lipinski definition) is 8. The number of nitrogen functional groups attached to an aromatic ring is 1. The maximum Gasteiger partial charge on any atom is 0.337 e. The predicted octanol–water partition coefficient (Wildman–Crippen LogP) is 3.41. The molecular formula is C18H19N5O4S. The zero-order valence-corrected chi connectivity index (χ0v) is 16.3. The summed E-state index contributed by atoms with van der Waals surface area (Å²) >= 11 is 5.09. The summed E-state index contributed by atoms with van der Waals surface area (Å²) < 4.78 is 5.59. The second-order valence-corrected chi connectivity index (χ2v) is 7.01. The minimum Gasteiger partial charge on any atom is -0.460 e. The largest absolute Gasteiger partial charge is 0.460 e. The number of esters is 1. The summed E-state index contributed by atoms with van der Waals surface area (Å²) in [5.41, 5.74) is 7.89. The lowest BCUT2D eigenvalue weighted by Crippen LogP contribution is -2.27. The first kappa shape index (κ1) is 19.5. The summed E-state index contributed by atoms with van der Waals surface area (Å²) in [6.07, 6.45) is -0.336. The first-order chi connectivity index (χ1) is 13.2. The van der Waals surface area contributed by atoms with Gasteiger partial charge in [0.05, 0.1) is 22.5 Å². The molecule has 2 heterocycles. The van der Waals surface area contributed by atoms with Crippen molar-refractivity contribution < 1.29 is 14.5 Å². The van der Waals surface area contributed by atoms with Gasteiger partial charge in [0.2, 0.25) is 0 Å². The summed E-state index contributed by atoms with van der Waals surface area (Å²) in [4.78, 5) is 30.7. The fourth-order valence-electron chi connectivity index (χ4n) is 3.19. The van der Waals surface area contributed by atoms with Gasteiger partial charge in [-0.25, -0.2) is 9.78 Å². The Morgan fingerprint density at radius 3 is 2.79 bits per heavy atom. The number of hydrogen-bond donors (Lipinski definition) is 3. The van der Waals surface area contributed by atoms with Crippen LogP contribution in [0.15, 0.2) is 35.5 Å². The van der Waals surface area contributed by atoms with Crippen LogP contribution in [0, 0.1) is 14.9 Å². The van der Waals surface area contributed by atoms with Gasteiger partial charge in [-0.15, -0.1) is 0 Å². The van der Waals surface area contributed by atoms with Crippen molar-refractivity contribution in [2.45, 2.75) is 32.8 Å². The Balaban J connectivity index is 2.27. The zero-order valence-electron chi connectivity index (χ0n) is 15.5. The Labute approximate surface area is 165 Å². The first-order valence-electron chi connectivity index (χ1n) is 8.51. The number of ether oxygens (including phenoxy) is 1. The molecular weight excluding hydrogens is 382 g/mol. The number of nitrogens with zero attached hydrogens (tertiary/aromatic N) is 2. The van der Waals surface area contributed by atoms with Gasteiger partial charge in [0.25, 0.3) is 5.69 Å². The van der Waals surface area contributed by atoms with Gasteiger partial charge in [-0.2, -0.15) is 0 Å². The van der Waals surface area contributed by atoms with Gasteiger partial charge in [-0.1, -0.05) is 12.1 Å². The molecule has 146 valence electrons. The number of nitrogens with two attached hydrogens (primary N) is 1. The van der Waals surface area contributed by atoms with Gasteiger partial charge < -0.3 is 20.8 Å². The van der Waals surface area contributed by atoms with Crippen molar-refractivity contribution in [2.75, 3.05) is 11.1 Å². The van der Waals surface area contributed by atoms with Gasteiger partial charge in [0, 0.05) is 23.4 Å². The summed E-state index contributed by atoms with van der Waals surface area (Å²) in [6, 6.07) is 6.05. The van der Waals surface area contributed by atoms with E-state index in [1.165, 1.54) is 12.1 Å². The molecule has 0 saturated heterocycles. The molecule has 9 nitrogen and oxygen atoms in total. The molecule has 1 aromatic carbocycles. The van der Waals surface area contributed by atoms with Crippen molar-refractivity contribution in [3.05, 3.63) is 61.5 Å². The number of aromatic nitrogens is 2. The number of nitrogens with one attached hydrogen (secondary N) is 2. The number of carbonyl (C=O) groups excluding carboxylic acids is 1. The van der Waals surface area contributed by atoms with Crippen molar-refractivity contribution >= 4 is 35.5 Å². The van der Waals surface area contributed by atoms with E-state index in [0.717, 1.165) is 0 Å². The number of aromatic amines is 1. The van der Waals surface area contributed by atoms with Crippen LogP contribution in [0.25, 0.3) is 0 Å². The second-order valence-electron chi connectivity index (χ2n) is 6.62. The third-order valence-corrected chi connectivity index (χ3v) is 4.46. The summed E-state index contributed by atoms with van der Waals surface area (Å²) in [5, 5.41) is 14.3. The molecule has 0 aliphatic carbocycles. The molecule has 0 fully saturated rings. The van der Waals surface area contributed by atoms with Crippen LogP contribution < -0.4 is 11.1 Å². The van der Waals surface area contributed by atoms with Crippen molar-refractivity contribution in [3.8, 4) is 0 Å². The maximum absolute atomic E-state index is 12.9. The lowest BCUT2D eigenvalue weighted by Gasteiger charge is -2.30. The van der Waals surface area contributed by atoms with Crippen molar-refractivity contribution in [1.82, 2.24) is 9.97 Å². The van der Waals surface area contributed by atoms with Crippen LogP contribution in [0.5, 0.6) is 0 Å². The summed E-state index contributed by atoms with van der Waals surface area (Å²) in [7, 11) is 0. The Morgan fingerprint density at radius 1 is 1.43 bits per heavy atom. The van der Waals surface area contributed by atoms with Gasteiger partial charge in [0.15, 0.2) is 4.77 Å². The van der Waals surface area contributed by atoms with E-state index in [1.54, 1.807) is 32.9 Å². The predicted molar refractivity (Wildman–Crippen MR) is 106 cm³/mol. The smallest absolute Gasteiger partial charge is 0.337 e. The van der Waals surface area contributed by atoms with Gasteiger partial charge in [-0.3, -0.25) is 10.1 Å². The number of anilines is 2. The Morgan fingerprint density at radius 2 is 2.14 bits per heavy atom. The topological polar surface area (TPSA) is 136 Å². The molecule has 1 atom stereocenters. The lowest BCUT2D eigenvalue weighted by molar-refractivity contribution is -0.384. The fourth-order valence-corrected chi connectivity index (χ4v) is 3.39. The number of fused-ring (bicyclic) bond motifs is 1. The van der Waals surface area contributed by atoms with Crippen LogP contribution in [0.4, 0.5) is 17.3 Å². The molecule has 3 rings (SSSR count). The molecule has 0 bridgehead atoms. The van der Waals surface area contributed by atoms with Crippen LogP contribution >= 0.6 is 12.2 Å². The highest BCUT2D eigenvalue weighted by Crippen LogP contribution is 2.44. The molecule has 0 saturated carbocycles. The number of rotatable bonds is 4. The molecule has 0 amide bonds. The van der Waals surface area contributed by atoms with E-state index in [4.69, 9.17) is 22.7 Å². The van der Waals surface area contributed by atoms with Crippen LogP contribution in [-0.2, 0) is 9.53 Å². The van der Waals surface area contributed by atoms with Crippen molar-refractivity contribution in [1.29, 1.82) is 0 Å². The molecule has 1 aliphatic rings. The van der Waals surface area contributed by atoms with Gasteiger partial charge in [0.1, 0.15) is 11.6 Å². The van der Waals surface area contributed by atoms with Crippen molar-refractivity contribution in [3.63, 3.8) is 0 Å². The molecule has 1 unspecified atom stereocenters. The van der Waals surface area contributed by atoms with Gasteiger partial charge in [-0.05, 0) is 38.6 Å². The number of benzene rings is 1. The van der Waals surface area contributed by atoms with E-state index in [1.807, 2.05) is 0 Å². The van der Waals surface area contributed by atoms with Gasteiger partial charge >= 0.3 is 5.97 Å². The maximum atomic E-state index is 12.9. The third kappa shape index (κ3) is 3.58. The number of H-pyrrole nitrogens is 1. The van der Waals surface area contributed by atoms with Crippen LogP contribution in [0.2, 0.25) is 0 Å². The molecule has 28 heavy (non-hydrogen) atoms. The Hall–Kier alpha value is -3.27. The highest BCUT2D eigenvalue weighted by molar-refractivity contribution is 7.71. The number of allylic oxidation sites excluding steroid dienone is 1. The van der Waals surface area contributed by atoms with E-state index < -0.39 is 16.8 Å². The van der Waals surface area contributed by atoms with Crippen LogP contribution in [-0.4, -0.2) is 27.0 Å². The number of nitro benzene ring substituents is 1. The average Bonchev–Trinajstić information content (AvgIpc) is 2.59. The SMILES string of the molecule is CC1=C(C(=O)OC(C)C)C(c2cccc([N+](=O)[O-])c2)c2c(nc(=S)[nH]c2N)N1. The zero-order chi connectivity index (χ0) is 20.6. The molecule has 4 N–H and O–H groups in total. The minimum atomic E-state index is -0.707. The molecule has 2 aromatic rings. The molecule has 0 radical (unpaired) electrons. The lowest BCUT2D eigenvalue weighted by atomic mass is 9.81. The Bertz CT molecular complexity index is 1060. The van der Waals surface area contributed by atoms with E-state index in [2.05, 4.69) is 15.3 Å². The van der Waals surface area contributed by atoms with Crippen molar-refractivity contribution in [2.24, 2.45) is 0 Å². The van der Waals surface area contributed by atoms with Crippen LogP contribution in [0.3, 0.4) is 0 Å². The highest BCUT2D eigenvalue weighted by Gasteiger charge is 2.36. The van der Waals surface area contributed by atoms with E-state index in [0.29, 0.717) is 28.2 Å². The highest BCUT2D eigenvalue weighted by atomic mass is 32.1. The van der Waals surface area contributed by atoms with E-state index in [9.17, 15) is 14.9 Å². The summed E-state index contributed by atoms with van der Waals surface area (Å²) in [5.74, 6) is -0.622. The Kier molecular flexibility index (Phi) is 5.14. The van der Waals surface area contributed by atoms with Crippen LogP contribution in [0.1, 0.15) is 37.8 Å². The van der Waals surface area contributed by atoms with E-state index >= 15 is 0 Å². The second kappa shape index (κ2) is 7.39. The first-order valence-corrected chi connectivity index (χ1v) is 8.92. The fraction of sp³-hybridized carbons (Fsp3) is 0.278. The molecule has 0 spiro atoms. The normalized spacial score (nSPS) is 15.8. The monoisotopic (exact) mass is 401 g/mol. The quantitative estimate of drug-likeness (QED) is 0.307. The average molecular weight is 401 g/mol. The molecule has 10 heteroatoms. The number of nitro groups is 1. The minimum absolute atomic E-state index is 0.0952.